The maximum atomic E-state index is 4.65. The summed E-state index contributed by atoms with van der Waals surface area (Å²) in [5, 5.41) is 12.4. The molecule has 136 valence electrons. The van der Waals surface area contributed by atoms with E-state index in [0.717, 1.165) is 35.0 Å². The van der Waals surface area contributed by atoms with Crippen molar-refractivity contribution in [2.24, 2.45) is 7.05 Å². The number of nitrogens with zero attached hydrogens (tertiary/aromatic N) is 5. The van der Waals surface area contributed by atoms with Gasteiger partial charge in [-0.05, 0) is 55.8 Å². The first-order valence-corrected chi connectivity index (χ1v) is 8.90. The third kappa shape index (κ3) is 3.74. The molecule has 2 aromatic carbocycles. The molecule has 6 heteroatoms. The number of aryl methyl sites for hydroxylation is 3. The highest BCUT2D eigenvalue weighted by Crippen LogP contribution is 2.19. The monoisotopic (exact) mass is 358 g/mol. The van der Waals surface area contributed by atoms with E-state index in [0.29, 0.717) is 0 Å². The Morgan fingerprint density at radius 3 is 2.52 bits per heavy atom. The first-order chi connectivity index (χ1) is 13.1. The number of rotatable bonds is 5. The van der Waals surface area contributed by atoms with E-state index < -0.39 is 0 Å². The second-order valence-corrected chi connectivity index (χ2v) is 6.70. The van der Waals surface area contributed by atoms with Gasteiger partial charge in [-0.2, -0.15) is 10.2 Å². The van der Waals surface area contributed by atoms with Crippen LogP contribution in [0.15, 0.2) is 61.1 Å². The van der Waals surface area contributed by atoms with Crippen LogP contribution in [-0.2, 0) is 13.6 Å². The van der Waals surface area contributed by atoms with Gasteiger partial charge in [0, 0.05) is 36.6 Å². The summed E-state index contributed by atoms with van der Waals surface area (Å²) in [5.74, 6) is 0.735. The number of hydrogen-bond donors (Lipinski definition) is 1. The summed E-state index contributed by atoms with van der Waals surface area (Å²) in [6.45, 7) is 4.85. The average molecular weight is 358 g/mol. The quantitative estimate of drug-likeness (QED) is 0.588. The zero-order valence-corrected chi connectivity index (χ0v) is 15.7. The minimum absolute atomic E-state index is 0.721. The molecule has 0 aliphatic heterocycles. The van der Waals surface area contributed by atoms with Gasteiger partial charge in [0.25, 0.3) is 0 Å². The van der Waals surface area contributed by atoms with Crippen LogP contribution in [0.25, 0.3) is 17.1 Å². The fourth-order valence-electron chi connectivity index (χ4n) is 2.98. The van der Waals surface area contributed by atoms with Crippen LogP contribution in [0.4, 0.5) is 5.69 Å². The van der Waals surface area contributed by atoms with Gasteiger partial charge in [0.1, 0.15) is 6.33 Å². The molecule has 6 nitrogen and oxygen atoms in total. The van der Waals surface area contributed by atoms with Crippen molar-refractivity contribution >= 4 is 5.69 Å². The highest BCUT2D eigenvalue weighted by atomic mass is 15.3. The first kappa shape index (κ1) is 17.0. The lowest BCUT2D eigenvalue weighted by Crippen LogP contribution is -1.99. The van der Waals surface area contributed by atoms with Crippen molar-refractivity contribution in [1.29, 1.82) is 0 Å². The molecule has 0 aliphatic carbocycles. The number of hydrogen-bond acceptors (Lipinski definition) is 4. The van der Waals surface area contributed by atoms with E-state index in [9.17, 15) is 0 Å². The summed E-state index contributed by atoms with van der Waals surface area (Å²) in [6.07, 6.45) is 3.79. The lowest BCUT2D eigenvalue weighted by molar-refractivity contribution is 0.768. The highest BCUT2D eigenvalue weighted by Gasteiger charge is 2.07. The molecule has 0 atom stereocenters. The van der Waals surface area contributed by atoms with Gasteiger partial charge < -0.3 is 5.32 Å². The van der Waals surface area contributed by atoms with E-state index in [4.69, 9.17) is 0 Å². The Hall–Kier alpha value is -3.41. The topological polar surface area (TPSA) is 60.6 Å². The lowest BCUT2D eigenvalue weighted by Gasteiger charge is -2.06. The van der Waals surface area contributed by atoms with Gasteiger partial charge in [0.2, 0.25) is 0 Å². The van der Waals surface area contributed by atoms with E-state index in [1.165, 1.54) is 11.1 Å². The first-order valence-electron chi connectivity index (χ1n) is 8.90. The zero-order valence-electron chi connectivity index (χ0n) is 15.7. The summed E-state index contributed by atoms with van der Waals surface area (Å²) in [4.78, 5) is 4.28. The van der Waals surface area contributed by atoms with Crippen molar-refractivity contribution in [2.45, 2.75) is 20.4 Å². The Balaban J connectivity index is 1.46. The van der Waals surface area contributed by atoms with E-state index in [1.54, 1.807) is 11.0 Å². The second-order valence-electron chi connectivity index (χ2n) is 6.70. The second kappa shape index (κ2) is 7.07. The Morgan fingerprint density at radius 1 is 1.00 bits per heavy atom. The average Bonchev–Trinajstić information content (AvgIpc) is 3.26. The Kier molecular flexibility index (Phi) is 4.46. The molecule has 0 saturated carbocycles. The number of anilines is 1. The molecule has 0 saturated heterocycles. The highest BCUT2D eigenvalue weighted by molar-refractivity contribution is 5.59. The third-order valence-corrected chi connectivity index (χ3v) is 4.49. The minimum Gasteiger partial charge on any atom is -0.381 e. The SMILES string of the molecule is Cc1cccc(-n2cc(CNc3ccc(-c4ncn(C)n4)cc3)c(C)n2)c1. The molecule has 2 heterocycles. The summed E-state index contributed by atoms with van der Waals surface area (Å²) in [6, 6.07) is 16.5. The van der Waals surface area contributed by atoms with Crippen LogP contribution in [-0.4, -0.2) is 24.5 Å². The molecule has 0 fully saturated rings. The summed E-state index contributed by atoms with van der Waals surface area (Å²) in [7, 11) is 1.87. The largest absolute Gasteiger partial charge is 0.381 e. The Labute approximate surface area is 158 Å². The molecule has 0 bridgehead atoms. The molecular formula is C21H22N6. The standard InChI is InChI=1S/C21H22N6/c1-15-5-4-6-20(11-15)27-13-18(16(2)24-27)12-22-19-9-7-17(8-10-19)21-23-14-26(3)25-21/h4-11,13-14,22H,12H2,1-3H3. The van der Waals surface area contributed by atoms with Crippen LogP contribution in [0.3, 0.4) is 0 Å². The molecule has 2 aromatic heterocycles. The zero-order chi connectivity index (χ0) is 18.8. The van der Waals surface area contributed by atoms with Crippen LogP contribution < -0.4 is 5.32 Å². The van der Waals surface area contributed by atoms with Gasteiger partial charge in [-0.1, -0.05) is 12.1 Å². The predicted molar refractivity (Wildman–Crippen MR) is 107 cm³/mol. The molecular weight excluding hydrogens is 336 g/mol. The van der Waals surface area contributed by atoms with Gasteiger partial charge in [-0.25, -0.2) is 9.67 Å². The van der Waals surface area contributed by atoms with Gasteiger partial charge >= 0.3 is 0 Å². The van der Waals surface area contributed by atoms with Gasteiger partial charge in [-0.15, -0.1) is 0 Å². The fourth-order valence-corrected chi connectivity index (χ4v) is 2.98. The fraction of sp³-hybridized carbons (Fsp3) is 0.190. The van der Waals surface area contributed by atoms with E-state index in [-0.39, 0.29) is 0 Å². The summed E-state index contributed by atoms with van der Waals surface area (Å²) in [5.41, 5.74) is 6.56. The van der Waals surface area contributed by atoms with Crippen molar-refractivity contribution in [3.05, 3.63) is 77.9 Å². The molecule has 0 aliphatic rings. The van der Waals surface area contributed by atoms with Crippen molar-refractivity contribution in [1.82, 2.24) is 24.5 Å². The maximum absolute atomic E-state index is 4.65. The van der Waals surface area contributed by atoms with Crippen LogP contribution >= 0.6 is 0 Å². The molecule has 4 rings (SSSR count). The van der Waals surface area contributed by atoms with Crippen molar-refractivity contribution in [3.8, 4) is 17.1 Å². The molecule has 0 amide bonds. The third-order valence-electron chi connectivity index (χ3n) is 4.49. The smallest absolute Gasteiger partial charge is 0.181 e. The summed E-state index contributed by atoms with van der Waals surface area (Å²) >= 11 is 0. The molecule has 27 heavy (non-hydrogen) atoms. The van der Waals surface area contributed by atoms with Crippen molar-refractivity contribution < 1.29 is 0 Å². The lowest BCUT2D eigenvalue weighted by atomic mass is 10.2. The number of nitrogens with one attached hydrogen (secondary N) is 1. The number of benzene rings is 2. The predicted octanol–water partition coefficient (Wildman–Crippen LogP) is 3.90. The van der Waals surface area contributed by atoms with E-state index >= 15 is 0 Å². The maximum Gasteiger partial charge on any atom is 0.181 e. The van der Waals surface area contributed by atoms with Crippen molar-refractivity contribution in [2.75, 3.05) is 5.32 Å². The van der Waals surface area contributed by atoms with Crippen LogP contribution in [0, 0.1) is 13.8 Å². The van der Waals surface area contributed by atoms with E-state index in [1.807, 2.05) is 42.9 Å². The Bertz CT molecular complexity index is 1060. The Morgan fingerprint density at radius 2 is 1.81 bits per heavy atom. The van der Waals surface area contributed by atoms with Crippen LogP contribution in [0.5, 0.6) is 0 Å². The number of aromatic nitrogens is 5. The van der Waals surface area contributed by atoms with Gasteiger partial charge in [-0.3, -0.25) is 4.68 Å². The van der Waals surface area contributed by atoms with E-state index in [2.05, 4.69) is 57.9 Å². The van der Waals surface area contributed by atoms with Crippen LogP contribution in [0.1, 0.15) is 16.8 Å². The molecule has 4 aromatic rings. The minimum atomic E-state index is 0.721. The molecule has 0 radical (unpaired) electrons. The molecule has 0 spiro atoms. The van der Waals surface area contributed by atoms with Gasteiger partial charge in [0.15, 0.2) is 5.82 Å². The summed E-state index contributed by atoms with van der Waals surface area (Å²) < 4.78 is 3.64. The normalized spacial score (nSPS) is 10.9. The molecule has 1 N–H and O–H groups in total. The van der Waals surface area contributed by atoms with Crippen molar-refractivity contribution in [3.63, 3.8) is 0 Å². The van der Waals surface area contributed by atoms with Crippen LogP contribution in [0.2, 0.25) is 0 Å². The van der Waals surface area contributed by atoms with Gasteiger partial charge in [0.05, 0.1) is 11.4 Å². The molecule has 0 unspecified atom stereocenters.